The van der Waals surface area contributed by atoms with Crippen LogP contribution in [0.4, 0.5) is 8.78 Å². The predicted molar refractivity (Wildman–Crippen MR) is 69.2 cm³/mol. The Morgan fingerprint density at radius 1 is 1.22 bits per heavy atom. The van der Waals surface area contributed by atoms with E-state index in [1.165, 1.54) is 20.1 Å². The van der Waals surface area contributed by atoms with E-state index in [2.05, 4.69) is 0 Å². The Kier molecular flexibility index (Phi) is 4.01. The number of methoxy groups -OCH3 is 1. The smallest absolute Gasteiger partial charge is 0.291 e. The van der Waals surface area contributed by atoms with Crippen molar-refractivity contribution in [2.45, 2.75) is 45.1 Å². The minimum Gasteiger partial charge on any atom is -0.496 e. The Hall–Kier alpha value is -1.16. The van der Waals surface area contributed by atoms with Crippen LogP contribution in [0.25, 0.3) is 0 Å². The van der Waals surface area contributed by atoms with Crippen molar-refractivity contribution in [3.05, 3.63) is 29.3 Å². The van der Waals surface area contributed by atoms with Gasteiger partial charge in [-0.05, 0) is 30.0 Å². The summed E-state index contributed by atoms with van der Waals surface area (Å²) in [6.45, 7) is 7.22. The maximum absolute atomic E-state index is 14.1. The number of hydrogen-bond donors (Lipinski definition) is 1. The molecule has 0 spiro atoms. The summed E-state index contributed by atoms with van der Waals surface area (Å²) in [5.41, 5.74) is 5.87. The summed E-state index contributed by atoms with van der Waals surface area (Å²) in [7, 11) is 1.38. The summed E-state index contributed by atoms with van der Waals surface area (Å²) >= 11 is 0. The molecule has 0 bridgehead atoms. The molecule has 4 heteroatoms. The minimum absolute atomic E-state index is 0.146. The highest BCUT2D eigenvalue weighted by atomic mass is 19.3. The van der Waals surface area contributed by atoms with E-state index in [0.29, 0.717) is 0 Å². The molecule has 0 amide bonds. The number of halogens is 2. The third-order valence-electron chi connectivity index (χ3n) is 3.00. The second-order valence-corrected chi connectivity index (χ2v) is 5.58. The highest BCUT2D eigenvalue weighted by Crippen LogP contribution is 2.39. The number of hydrogen-bond acceptors (Lipinski definition) is 2. The van der Waals surface area contributed by atoms with E-state index in [4.69, 9.17) is 10.5 Å². The van der Waals surface area contributed by atoms with Gasteiger partial charge in [-0.25, -0.2) is 0 Å². The fourth-order valence-corrected chi connectivity index (χ4v) is 1.68. The van der Waals surface area contributed by atoms with Crippen molar-refractivity contribution in [1.29, 1.82) is 0 Å². The van der Waals surface area contributed by atoms with Crippen LogP contribution in [-0.4, -0.2) is 13.2 Å². The highest BCUT2D eigenvalue weighted by Gasteiger charge is 2.39. The van der Waals surface area contributed by atoms with Gasteiger partial charge in [0, 0.05) is 0 Å². The van der Waals surface area contributed by atoms with Crippen LogP contribution in [0, 0.1) is 0 Å². The van der Waals surface area contributed by atoms with E-state index in [1.807, 2.05) is 20.8 Å². The largest absolute Gasteiger partial charge is 0.496 e. The van der Waals surface area contributed by atoms with E-state index in [1.54, 1.807) is 12.1 Å². The van der Waals surface area contributed by atoms with Crippen molar-refractivity contribution in [2.75, 3.05) is 7.11 Å². The van der Waals surface area contributed by atoms with E-state index < -0.39 is 12.0 Å². The summed E-state index contributed by atoms with van der Waals surface area (Å²) in [5.74, 6) is -2.93. The quantitative estimate of drug-likeness (QED) is 0.900. The van der Waals surface area contributed by atoms with Gasteiger partial charge in [-0.2, -0.15) is 8.78 Å². The van der Waals surface area contributed by atoms with E-state index in [0.717, 1.165) is 5.56 Å². The van der Waals surface area contributed by atoms with Crippen LogP contribution in [-0.2, 0) is 11.3 Å². The molecule has 0 saturated carbocycles. The van der Waals surface area contributed by atoms with Gasteiger partial charge >= 0.3 is 0 Å². The molecule has 1 rings (SSSR count). The molecule has 1 atom stereocenters. The van der Waals surface area contributed by atoms with Gasteiger partial charge in [-0.1, -0.05) is 26.8 Å². The summed E-state index contributed by atoms with van der Waals surface area (Å²) in [6.07, 6.45) is 0. The van der Waals surface area contributed by atoms with Gasteiger partial charge in [0.2, 0.25) is 0 Å². The molecule has 1 aromatic rings. The van der Waals surface area contributed by atoms with Gasteiger partial charge in [-0.3, -0.25) is 0 Å². The van der Waals surface area contributed by atoms with Gasteiger partial charge in [0.1, 0.15) is 5.75 Å². The summed E-state index contributed by atoms with van der Waals surface area (Å²) in [6, 6.07) is 3.61. The van der Waals surface area contributed by atoms with Crippen LogP contribution >= 0.6 is 0 Å². The third-order valence-corrected chi connectivity index (χ3v) is 3.00. The molecule has 0 aromatic heterocycles. The van der Waals surface area contributed by atoms with Gasteiger partial charge in [-0.15, -0.1) is 0 Å². The minimum atomic E-state index is -3.10. The third kappa shape index (κ3) is 2.80. The molecule has 2 nitrogen and oxygen atoms in total. The second kappa shape index (κ2) is 4.84. The summed E-state index contributed by atoms with van der Waals surface area (Å²) in [4.78, 5) is 0. The predicted octanol–water partition coefficient (Wildman–Crippen LogP) is 3.43. The normalized spacial score (nSPS) is 14.4. The van der Waals surface area contributed by atoms with Gasteiger partial charge in [0.25, 0.3) is 5.92 Å². The van der Waals surface area contributed by atoms with Crippen LogP contribution in [0.15, 0.2) is 18.2 Å². The maximum atomic E-state index is 14.1. The number of benzene rings is 1. The molecule has 0 saturated heterocycles. The highest BCUT2D eigenvalue weighted by molar-refractivity contribution is 5.42. The number of nitrogens with two attached hydrogens (primary N) is 1. The Balaban J connectivity index is 3.40. The van der Waals surface area contributed by atoms with Crippen LogP contribution < -0.4 is 10.5 Å². The standard InChI is InChI=1S/C14H21F2NO/c1-9(17)14(15,16)11-8-10(13(2,3)4)6-7-12(11)18-5/h6-9H,17H2,1-5H3. The SMILES string of the molecule is COc1ccc(C(C)(C)C)cc1C(F)(F)C(C)N. The molecular formula is C14H21F2NO. The van der Waals surface area contributed by atoms with Gasteiger partial charge < -0.3 is 10.5 Å². The molecule has 1 unspecified atom stereocenters. The molecule has 18 heavy (non-hydrogen) atoms. The van der Waals surface area contributed by atoms with Crippen molar-refractivity contribution < 1.29 is 13.5 Å². The summed E-state index contributed by atoms with van der Waals surface area (Å²) < 4.78 is 33.2. The lowest BCUT2D eigenvalue weighted by molar-refractivity contribution is -0.0276. The van der Waals surface area contributed by atoms with Crippen LogP contribution in [0.2, 0.25) is 0 Å². The van der Waals surface area contributed by atoms with Gasteiger partial charge in [0.15, 0.2) is 0 Å². The van der Waals surface area contributed by atoms with Crippen molar-refractivity contribution >= 4 is 0 Å². The summed E-state index contributed by atoms with van der Waals surface area (Å²) in [5, 5.41) is 0. The first-order valence-electron chi connectivity index (χ1n) is 5.93. The fourth-order valence-electron chi connectivity index (χ4n) is 1.68. The van der Waals surface area contributed by atoms with Crippen molar-refractivity contribution in [2.24, 2.45) is 5.73 Å². The lowest BCUT2D eigenvalue weighted by atomic mass is 9.85. The maximum Gasteiger partial charge on any atom is 0.291 e. The Labute approximate surface area is 107 Å². The molecule has 1 aromatic carbocycles. The zero-order valence-electron chi connectivity index (χ0n) is 11.6. The van der Waals surface area contributed by atoms with Crippen molar-refractivity contribution in [1.82, 2.24) is 0 Å². The lowest BCUT2D eigenvalue weighted by Gasteiger charge is -2.26. The number of ether oxygens (including phenoxy) is 1. The molecule has 0 aliphatic heterocycles. The Morgan fingerprint density at radius 2 is 1.78 bits per heavy atom. The van der Waals surface area contributed by atoms with Crippen LogP contribution in [0.1, 0.15) is 38.8 Å². The van der Waals surface area contributed by atoms with Gasteiger partial charge in [0.05, 0.1) is 18.7 Å². The average molecular weight is 257 g/mol. The fraction of sp³-hybridized carbons (Fsp3) is 0.571. The Bertz CT molecular complexity index is 422. The monoisotopic (exact) mass is 257 g/mol. The first-order valence-corrected chi connectivity index (χ1v) is 5.93. The van der Waals surface area contributed by atoms with E-state index in [-0.39, 0.29) is 16.7 Å². The molecule has 0 heterocycles. The number of rotatable bonds is 3. The average Bonchev–Trinajstić information content (AvgIpc) is 2.26. The molecule has 2 N–H and O–H groups in total. The van der Waals surface area contributed by atoms with Crippen molar-refractivity contribution in [3.8, 4) is 5.75 Å². The zero-order valence-corrected chi connectivity index (χ0v) is 11.6. The topological polar surface area (TPSA) is 35.2 Å². The molecule has 0 radical (unpaired) electrons. The zero-order chi connectivity index (χ0) is 14.1. The first-order chi connectivity index (χ1) is 8.10. The van der Waals surface area contributed by atoms with Crippen LogP contribution in [0.3, 0.4) is 0 Å². The lowest BCUT2D eigenvalue weighted by Crippen LogP contribution is -2.36. The Morgan fingerprint density at radius 3 is 2.17 bits per heavy atom. The van der Waals surface area contributed by atoms with Crippen LogP contribution in [0.5, 0.6) is 5.75 Å². The first kappa shape index (κ1) is 14.9. The molecular weight excluding hydrogens is 236 g/mol. The molecule has 102 valence electrons. The molecule has 0 fully saturated rings. The second-order valence-electron chi connectivity index (χ2n) is 5.58. The van der Waals surface area contributed by atoms with E-state index in [9.17, 15) is 8.78 Å². The number of alkyl halides is 2. The molecule has 0 aliphatic rings. The molecule has 0 aliphatic carbocycles. The van der Waals surface area contributed by atoms with Crippen molar-refractivity contribution in [3.63, 3.8) is 0 Å². The van der Waals surface area contributed by atoms with E-state index >= 15 is 0 Å².